The number of rotatable bonds is 5. The zero-order chi connectivity index (χ0) is 12.7. The predicted octanol–water partition coefficient (Wildman–Crippen LogP) is 1.93. The second kappa shape index (κ2) is 5.72. The smallest absolute Gasteiger partial charge is 0.417 e. The van der Waals surface area contributed by atoms with Crippen molar-refractivity contribution in [3.63, 3.8) is 0 Å². The van der Waals surface area contributed by atoms with Crippen molar-refractivity contribution in [2.24, 2.45) is 0 Å². The molecular weight excluding hydrogens is 218 g/mol. The average molecular weight is 231 g/mol. The summed E-state index contributed by atoms with van der Waals surface area (Å²) in [5, 5.41) is 8.62. The number of ether oxygens (including phenoxy) is 1. The van der Waals surface area contributed by atoms with Crippen molar-refractivity contribution in [1.29, 1.82) is 5.26 Å². The van der Waals surface area contributed by atoms with E-state index in [-0.39, 0.29) is 19.4 Å². The second-order valence-electron chi connectivity index (χ2n) is 3.40. The first-order valence-corrected chi connectivity index (χ1v) is 5.27. The van der Waals surface area contributed by atoms with E-state index in [1.165, 1.54) is 4.57 Å². The molecule has 0 bridgehead atoms. The van der Waals surface area contributed by atoms with Gasteiger partial charge in [0.05, 0.1) is 19.1 Å². The Kier molecular flexibility index (Phi) is 4.30. The zero-order valence-electron chi connectivity index (χ0n) is 9.59. The largest absolute Gasteiger partial charge is 0.458 e. The summed E-state index contributed by atoms with van der Waals surface area (Å²) in [4.78, 5) is 15.3. The Morgan fingerprint density at radius 1 is 1.59 bits per heavy atom. The lowest BCUT2D eigenvalue weighted by molar-refractivity contribution is -0.151. The van der Waals surface area contributed by atoms with Crippen molar-refractivity contribution in [2.75, 3.05) is 6.61 Å². The molecule has 17 heavy (non-hydrogen) atoms. The third-order valence-corrected chi connectivity index (χ3v) is 2.40. The van der Waals surface area contributed by atoms with Crippen LogP contribution in [0.3, 0.4) is 0 Å². The molecule has 0 radical (unpaired) electrons. The summed E-state index contributed by atoms with van der Waals surface area (Å²) >= 11 is 0. The molecule has 0 fully saturated rings. The van der Waals surface area contributed by atoms with Gasteiger partial charge in [-0.15, -0.1) is 0 Å². The van der Waals surface area contributed by atoms with Gasteiger partial charge in [0.25, 0.3) is 0 Å². The van der Waals surface area contributed by atoms with Gasteiger partial charge in [-0.2, -0.15) is 5.26 Å². The predicted molar refractivity (Wildman–Crippen MR) is 60.5 cm³/mol. The van der Waals surface area contributed by atoms with E-state index >= 15 is 0 Å². The Hall–Kier alpha value is -2.27. The maximum atomic E-state index is 11.9. The molecule has 0 aliphatic carbocycles. The summed E-state index contributed by atoms with van der Waals surface area (Å²) in [5.74, 6) is -0.610. The molecule has 0 aromatic carbocycles. The summed E-state index contributed by atoms with van der Waals surface area (Å²) in [7, 11) is 0. The summed E-state index contributed by atoms with van der Waals surface area (Å²) in [6.07, 6.45) is 3.51. The first-order valence-electron chi connectivity index (χ1n) is 5.27. The van der Waals surface area contributed by atoms with E-state index in [9.17, 15) is 4.79 Å². The van der Waals surface area contributed by atoms with Crippen LogP contribution in [0.4, 0.5) is 0 Å². The summed E-state index contributed by atoms with van der Waals surface area (Å²) in [6, 6.07) is 5.41. The van der Waals surface area contributed by atoms with Gasteiger partial charge in [-0.05, 0) is 19.1 Å². The van der Waals surface area contributed by atoms with Crippen molar-refractivity contribution in [3.8, 4) is 6.07 Å². The van der Waals surface area contributed by atoms with Gasteiger partial charge in [-0.25, -0.2) is 11.4 Å². The van der Waals surface area contributed by atoms with Crippen LogP contribution in [0.2, 0.25) is 0 Å². The van der Waals surface area contributed by atoms with Gasteiger partial charge in [0, 0.05) is 18.8 Å². The van der Waals surface area contributed by atoms with Crippen molar-refractivity contribution >= 4 is 5.97 Å². The van der Waals surface area contributed by atoms with Gasteiger partial charge in [0.2, 0.25) is 0 Å². The van der Waals surface area contributed by atoms with E-state index in [1.807, 2.05) is 6.07 Å². The van der Waals surface area contributed by atoms with Crippen LogP contribution in [-0.2, 0) is 15.2 Å². The first-order chi connectivity index (χ1) is 8.21. The van der Waals surface area contributed by atoms with Crippen molar-refractivity contribution in [1.82, 2.24) is 4.57 Å². The zero-order valence-corrected chi connectivity index (χ0v) is 9.59. The number of hydrogen-bond donors (Lipinski definition) is 0. The molecule has 1 unspecified atom stereocenters. The van der Waals surface area contributed by atoms with Crippen LogP contribution < -0.4 is 0 Å². The fourth-order valence-electron chi connectivity index (χ4n) is 1.55. The molecule has 0 aliphatic heterocycles. The van der Waals surface area contributed by atoms with E-state index in [4.69, 9.17) is 16.6 Å². The van der Waals surface area contributed by atoms with Crippen LogP contribution in [0.1, 0.15) is 19.8 Å². The lowest BCUT2D eigenvalue weighted by Gasteiger charge is -2.20. The number of aromatic nitrogens is 1. The van der Waals surface area contributed by atoms with Crippen molar-refractivity contribution < 1.29 is 9.53 Å². The van der Waals surface area contributed by atoms with Gasteiger partial charge in [0.1, 0.15) is 0 Å². The molecule has 0 spiro atoms. The van der Waals surface area contributed by atoms with E-state index in [1.54, 1.807) is 31.5 Å². The van der Waals surface area contributed by atoms with Crippen LogP contribution in [0, 0.1) is 17.9 Å². The van der Waals surface area contributed by atoms with Crippen LogP contribution in [0.25, 0.3) is 4.85 Å². The quantitative estimate of drug-likeness (QED) is 0.574. The summed E-state index contributed by atoms with van der Waals surface area (Å²) in [6.45, 7) is 9.16. The highest BCUT2D eigenvalue weighted by atomic mass is 16.5. The number of esters is 1. The molecule has 0 aliphatic rings. The van der Waals surface area contributed by atoms with Crippen LogP contribution in [0.15, 0.2) is 24.5 Å². The van der Waals surface area contributed by atoms with Gasteiger partial charge < -0.3 is 4.74 Å². The lowest BCUT2D eigenvalue weighted by Crippen LogP contribution is -2.39. The molecule has 5 nitrogen and oxygen atoms in total. The molecule has 1 atom stereocenters. The lowest BCUT2D eigenvalue weighted by atomic mass is 10.0. The molecule has 0 saturated carbocycles. The third-order valence-electron chi connectivity index (χ3n) is 2.40. The molecule has 0 saturated heterocycles. The highest BCUT2D eigenvalue weighted by Gasteiger charge is 2.48. The highest BCUT2D eigenvalue weighted by molar-refractivity contribution is 5.80. The van der Waals surface area contributed by atoms with Crippen LogP contribution >= 0.6 is 0 Å². The number of nitrogens with zero attached hydrogens (tertiary/aromatic N) is 3. The Balaban J connectivity index is 3.11. The van der Waals surface area contributed by atoms with Crippen molar-refractivity contribution in [2.45, 2.75) is 25.4 Å². The average Bonchev–Trinajstić information content (AvgIpc) is 2.85. The Bertz CT molecular complexity index is 453. The standard InChI is InChI=1S/C12H13N3O2/c1-3-17-11(16)12(14-2,7-6-8-13)15-9-4-5-10-15/h4-5,9-10H,3,6-7H2,1H3. The third kappa shape index (κ3) is 2.46. The van der Waals surface area contributed by atoms with Gasteiger partial charge in [0.15, 0.2) is 0 Å². The fourth-order valence-corrected chi connectivity index (χ4v) is 1.55. The molecule has 5 heteroatoms. The van der Waals surface area contributed by atoms with Crippen molar-refractivity contribution in [3.05, 3.63) is 35.9 Å². The van der Waals surface area contributed by atoms with Gasteiger partial charge in [-0.1, -0.05) is 0 Å². The molecule has 0 N–H and O–H groups in total. The minimum absolute atomic E-state index is 0.124. The van der Waals surface area contributed by atoms with E-state index in [0.717, 1.165) is 0 Å². The second-order valence-corrected chi connectivity index (χ2v) is 3.40. The Labute approximate surface area is 100 Å². The van der Waals surface area contributed by atoms with E-state index in [2.05, 4.69) is 4.85 Å². The van der Waals surface area contributed by atoms with Gasteiger partial charge >= 0.3 is 11.6 Å². The molecule has 1 aromatic heterocycles. The summed E-state index contributed by atoms with van der Waals surface area (Å²) in [5.41, 5.74) is -1.45. The molecule has 1 heterocycles. The first kappa shape index (κ1) is 12.8. The molecule has 1 rings (SSSR count). The number of carbonyl (C=O) groups is 1. The number of nitriles is 1. The molecule has 1 aromatic rings. The van der Waals surface area contributed by atoms with Crippen LogP contribution in [0.5, 0.6) is 0 Å². The van der Waals surface area contributed by atoms with Crippen LogP contribution in [-0.4, -0.2) is 17.1 Å². The highest BCUT2D eigenvalue weighted by Crippen LogP contribution is 2.27. The van der Waals surface area contributed by atoms with E-state index < -0.39 is 11.6 Å². The minimum atomic E-state index is -1.45. The molecule has 88 valence electrons. The number of hydrogen-bond acceptors (Lipinski definition) is 3. The van der Waals surface area contributed by atoms with E-state index in [0.29, 0.717) is 0 Å². The number of carbonyl (C=O) groups excluding carboxylic acids is 1. The fraction of sp³-hybridized carbons (Fsp3) is 0.417. The Morgan fingerprint density at radius 3 is 2.71 bits per heavy atom. The molecular formula is C12H13N3O2. The SMILES string of the molecule is [C-]#[N+]C(CCC#N)(C(=O)OCC)n1cccc1. The maximum Gasteiger partial charge on any atom is 0.417 e. The maximum absolute atomic E-state index is 11.9. The Morgan fingerprint density at radius 2 is 2.24 bits per heavy atom. The summed E-state index contributed by atoms with van der Waals surface area (Å²) < 4.78 is 6.43. The molecule has 0 amide bonds. The van der Waals surface area contributed by atoms with Gasteiger partial charge in [-0.3, -0.25) is 9.41 Å². The topological polar surface area (TPSA) is 59.4 Å². The monoisotopic (exact) mass is 231 g/mol. The minimum Gasteiger partial charge on any atom is -0.458 e. The normalized spacial score (nSPS) is 13.1.